The van der Waals surface area contributed by atoms with Crippen LogP contribution in [0.2, 0.25) is 0 Å². The Balaban J connectivity index is 1.71. The minimum atomic E-state index is 0.143. The van der Waals surface area contributed by atoms with Crippen LogP contribution in [0.15, 0.2) is 4.99 Å². The molecule has 0 atom stereocenters. The zero-order chi connectivity index (χ0) is 17.2. The van der Waals surface area contributed by atoms with E-state index in [1.807, 2.05) is 11.8 Å². The van der Waals surface area contributed by atoms with Crippen molar-refractivity contribution in [2.24, 2.45) is 4.99 Å². The van der Waals surface area contributed by atoms with Crippen molar-refractivity contribution in [3.05, 3.63) is 0 Å². The maximum Gasteiger partial charge on any atom is 0.244 e. The number of likely N-dealkylation sites (N-methyl/N-ethyl adjacent to an activating group) is 1. The van der Waals surface area contributed by atoms with Gasteiger partial charge in [0.05, 0.1) is 0 Å². The van der Waals surface area contributed by atoms with Crippen molar-refractivity contribution in [1.29, 1.82) is 0 Å². The lowest BCUT2D eigenvalue weighted by Gasteiger charge is -2.31. The number of nitrogens with zero attached hydrogens (tertiary/aromatic N) is 3. The van der Waals surface area contributed by atoms with Gasteiger partial charge in [0, 0.05) is 38.8 Å². The zero-order valence-electron chi connectivity index (χ0n) is 15.5. The van der Waals surface area contributed by atoms with E-state index in [4.69, 9.17) is 0 Å². The Labute approximate surface area is 147 Å². The fourth-order valence-corrected chi connectivity index (χ4v) is 3.61. The normalized spacial score (nSPS) is 19.8. The third-order valence-electron chi connectivity index (χ3n) is 5.13. The molecule has 2 rings (SSSR count). The molecule has 24 heavy (non-hydrogen) atoms. The molecule has 1 saturated carbocycles. The number of nitrogens with one attached hydrogen (secondary N) is 2. The molecule has 0 bridgehead atoms. The van der Waals surface area contributed by atoms with Crippen molar-refractivity contribution < 1.29 is 4.79 Å². The summed E-state index contributed by atoms with van der Waals surface area (Å²) in [5.41, 5.74) is 0. The fourth-order valence-electron chi connectivity index (χ4n) is 3.61. The van der Waals surface area contributed by atoms with E-state index in [0.717, 1.165) is 57.6 Å². The van der Waals surface area contributed by atoms with Crippen molar-refractivity contribution in [3.8, 4) is 0 Å². The Morgan fingerprint density at radius 2 is 1.83 bits per heavy atom. The molecule has 0 aromatic rings. The van der Waals surface area contributed by atoms with Crippen molar-refractivity contribution in [3.63, 3.8) is 0 Å². The average Bonchev–Trinajstić information content (AvgIpc) is 3.14. The molecular weight excluding hydrogens is 302 g/mol. The minimum absolute atomic E-state index is 0.143. The molecule has 2 fully saturated rings. The molecule has 6 nitrogen and oxygen atoms in total. The highest BCUT2D eigenvalue weighted by molar-refractivity contribution is 5.85. The highest BCUT2D eigenvalue weighted by atomic mass is 16.2. The summed E-state index contributed by atoms with van der Waals surface area (Å²) >= 11 is 0. The van der Waals surface area contributed by atoms with Crippen LogP contribution in [-0.4, -0.2) is 74.0 Å². The first-order chi connectivity index (χ1) is 11.7. The largest absolute Gasteiger partial charge is 0.357 e. The quantitative estimate of drug-likeness (QED) is 0.545. The topological polar surface area (TPSA) is 60.0 Å². The number of amides is 1. The fraction of sp³-hybridized carbons (Fsp3) is 0.889. The summed E-state index contributed by atoms with van der Waals surface area (Å²) in [7, 11) is 2.22. The second-order valence-electron chi connectivity index (χ2n) is 6.98. The highest BCUT2D eigenvalue weighted by Crippen LogP contribution is 2.21. The van der Waals surface area contributed by atoms with Gasteiger partial charge in [-0.1, -0.05) is 19.3 Å². The molecule has 138 valence electrons. The number of hydrogen-bond donors (Lipinski definition) is 2. The Kier molecular flexibility index (Phi) is 8.36. The maximum atomic E-state index is 12.1. The number of rotatable bonds is 7. The van der Waals surface area contributed by atoms with E-state index in [9.17, 15) is 4.79 Å². The first kappa shape index (κ1) is 19.0. The van der Waals surface area contributed by atoms with E-state index in [0.29, 0.717) is 0 Å². The predicted molar refractivity (Wildman–Crippen MR) is 99.3 cm³/mol. The molecule has 1 amide bonds. The second kappa shape index (κ2) is 10.5. The van der Waals surface area contributed by atoms with Crippen LogP contribution in [0, 0.1) is 0 Å². The van der Waals surface area contributed by atoms with Crippen LogP contribution in [0.3, 0.4) is 0 Å². The number of carbonyl (C=O) groups is 1. The van der Waals surface area contributed by atoms with Crippen LogP contribution in [0.4, 0.5) is 0 Å². The molecule has 1 aliphatic carbocycles. The number of aliphatic imine (C=N–C) groups is 1. The van der Waals surface area contributed by atoms with Gasteiger partial charge in [0.15, 0.2) is 5.96 Å². The van der Waals surface area contributed by atoms with E-state index < -0.39 is 0 Å². The van der Waals surface area contributed by atoms with Crippen LogP contribution >= 0.6 is 0 Å². The predicted octanol–water partition coefficient (Wildman–Crippen LogP) is 1.43. The van der Waals surface area contributed by atoms with Gasteiger partial charge in [-0.2, -0.15) is 0 Å². The van der Waals surface area contributed by atoms with Gasteiger partial charge in [-0.25, -0.2) is 4.99 Å². The van der Waals surface area contributed by atoms with Crippen molar-refractivity contribution in [1.82, 2.24) is 20.4 Å². The summed E-state index contributed by atoms with van der Waals surface area (Å²) in [5, 5.41) is 6.59. The van der Waals surface area contributed by atoms with Gasteiger partial charge in [0.25, 0.3) is 0 Å². The lowest BCUT2D eigenvalue weighted by molar-refractivity contribution is -0.128. The van der Waals surface area contributed by atoms with Crippen LogP contribution < -0.4 is 10.6 Å². The lowest BCUT2D eigenvalue weighted by Crippen LogP contribution is -2.44. The van der Waals surface area contributed by atoms with Gasteiger partial charge in [0.2, 0.25) is 5.91 Å². The molecule has 0 spiro atoms. The number of hydrogen-bond acceptors (Lipinski definition) is 3. The molecule has 1 heterocycles. The molecule has 0 aromatic heterocycles. The van der Waals surface area contributed by atoms with E-state index >= 15 is 0 Å². The third-order valence-corrected chi connectivity index (χ3v) is 5.13. The van der Waals surface area contributed by atoms with E-state index in [1.165, 1.54) is 32.1 Å². The molecule has 2 N–H and O–H groups in total. The van der Waals surface area contributed by atoms with Crippen molar-refractivity contribution in [2.45, 2.75) is 57.9 Å². The number of likely N-dealkylation sites (tertiary alicyclic amines) is 1. The van der Waals surface area contributed by atoms with Gasteiger partial charge in [0.1, 0.15) is 6.54 Å². The highest BCUT2D eigenvalue weighted by Gasteiger charge is 2.18. The summed E-state index contributed by atoms with van der Waals surface area (Å²) < 4.78 is 0. The second-order valence-corrected chi connectivity index (χ2v) is 6.98. The molecule has 1 saturated heterocycles. The SMILES string of the molecule is CCNC(=NCC(=O)N1CCCC1)NCCN(C)C1CCCCC1. The van der Waals surface area contributed by atoms with E-state index in [1.54, 1.807) is 0 Å². The van der Waals surface area contributed by atoms with E-state index in [-0.39, 0.29) is 12.5 Å². The summed E-state index contributed by atoms with van der Waals surface area (Å²) in [6.45, 7) is 6.75. The molecular formula is C18H35N5O. The van der Waals surface area contributed by atoms with Crippen LogP contribution in [0.25, 0.3) is 0 Å². The smallest absolute Gasteiger partial charge is 0.244 e. The Morgan fingerprint density at radius 1 is 1.12 bits per heavy atom. The standard InChI is InChI=1S/C18H35N5O/c1-3-19-18(21-15-17(24)23-12-7-8-13-23)20-11-14-22(2)16-9-5-4-6-10-16/h16H,3-15H2,1-2H3,(H2,19,20,21). The lowest BCUT2D eigenvalue weighted by atomic mass is 9.94. The van der Waals surface area contributed by atoms with Gasteiger partial charge in [-0.3, -0.25) is 4.79 Å². The first-order valence-electron chi connectivity index (χ1n) is 9.71. The first-order valence-corrected chi connectivity index (χ1v) is 9.71. The van der Waals surface area contributed by atoms with Crippen LogP contribution in [0.5, 0.6) is 0 Å². The monoisotopic (exact) mass is 337 g/mol. The van der Waals surface area contributed by atoms with Gasteiger partial charge in [-0.15, -0.1) is 0 Å². The van der Waals surface area contributed by atoms with Crippen LogP contribution in [0.1, 0.15) is 51.9 Å². The molecule has 0 aromatic carbocycles. The zero-order valence-corrected chi connectivity index (χ0v) is 15.5. The molecule has 1 aliphatic heterocycles. The minimum Gasteiger partial charge on any atom is -0.357 e. The Hall–Kier alpha value is -1.30. The van der Waals surface area contributed by atoms with Crippen LogP contribution in [-0.2, 0) is 4.79 Å². The van der Waals surface area contributed by atoms with Crippen molar-refractivity contribution in [2.75, 3.05) is 46.3 Å². The Morgan fingerprint density at radius 3 is 2.50 bits per heavy atom. The summed E-state index contributed by atoms with van der Waals surface area (Å²) in [4.78, 5) is 20.9. The molecule has 0 radical (unpaired) electrons. The summed E-state index contributed by atoms with van der Waals surface area (Å²) in [6, 6.07) is 0.733. The van der Waals surface area contributed by atoms with Gasteiger partial charge >= 0.3 is 0 Å². The van der Waals surface area contributed by atoms with Gasteiger partial charge in [-0.05, 0) is 39.7 Å². The van der Waals surface area contributed by atoms with Crippen molar-refractivity contribution >= 4 is 11.9 Å². The molecule has 0 unspecified atom stereocenters. The average molecular weight is 338 g/mol. The number of carbonyl (C=O) groups excluding carboxylic acids is 1. The summed E-state index contributed by atoms with van der Waals surface area (Å²) in [6.07, 6.45) is 9.04. The van der Waals surface area contributed by atoms with E-state index in [2.05, 4.69) is 27.6 Å². The Bertz CT molecular complexity index is 400. The third kappa shape index (κ3) is 6.30. The van der Waals surface area contributed by atoms with Gasteiger partial charge < -0.3 is 20.4 Å². The maximum absolute atomic E-state index is 12.1. The molecule has 6 heteroatoms. The molecule has 2 aliphatic rings. The number of guanidine groups is 1. The summed E-state index contributed by atoms with van der Waals surface area (Å²) in [5.74, 6) is 0.895.